The topological polar surface area (TPSA) is 69.3 Å². The third kappa shape index (κ3) is 2.99. The number of ether oxygens (including phenoxy) is 1. The highest BCUT2D eigenvalue weighted by atomic mass is 19.1. The van der Waals surface area contributed by atoms with E-state index in [1.807, 2.05) is 41.3 Å². The summed E-state index contributed by atoms with van der Waals surface area (Å²) in [5.74, 6) is 1.85. The summed E-state index contributed by atoms with van der Waals surface area (Å²) in [5, 5.41) is 11.5. The molecule has 138 valence electrons. The van der Waals surface area contributed by atoms with Gasteiger partial charge >= 0.3 is 0 Å². The Morgan fingerprint density at radius 2 is 2.07 bits per heavy atom. The summed E-state index contributed by atoms with van der Waals surface area (Å²) < 4.78 is 23.2. The summed E-state index contributed by atoms with van der Waals surface area (Å²) >= 11 is 0. The minimum Gasteiger partial charge on any atom is -0.496 e. The molecule has 0 saturated carbocycles. The minimum absolute atomic E-state index is 0.269. The van der Waals surface area contributed by atoms with Gasteiger partial charge < -0.3 is 14.6 Å². The van der Waals surface area contributed by atoms with Crippen LogP contribution in [0.2, 0.25) is 0 Å². The fourth-order valence-electron chi connectivity index (χ4n) is 3.03. The summed E-state index contributed by atoms with van der Waals surface area (Å²) in [6, 6.07) is 8.62. The first-order chi connectivity index (χ1) is 13.1. The normalized spacial score (nSPS) is 11.1. The van der Waals surface area contributed by atoms with E-state index in [2.05, 4.69) is 20.5 Å². The second-order valence-electron chi connectivity index (χ2n) is 6.22. The molecule has 4 rings (SSSR count). The van der Waals surface area contributed by atoms with Gasteiger partial charge in [0.1, 0.15) is 29.5 Å². The Balaban J connectivity index is 1.69. The lowest BCUT2D eigenvalue weighted by Gasteiger charge is -2.13. The molecule has 4 aromatic rings. The van der Waals surface area contributed by atoms with Crippen molar-refractivity contribution >= 4 is 11.5 Å². The number of rotatable bonds is 5. The molecule has 0 fully saturated rings. The fraction of sp³-hybridized carbons (Fsp3) is 0.211. The highest BCUT2D eigenvalue weighted by Crippen LogP contribution is 2.27. The predicted molar refractivity (Wildman–Crippen MR) is 100 cm³/mol. The van der Waals surface area contributed by atoms with E-state index < -0.39 is 0 Å². The zero-order valence-corrected chi connectivity index (χ0v) is 15.3. The molecular weight excluding hydrogens is 347 g/mol. The second kappa shape index (κ2) is 6.71. The van der Waals surface area contributed by atoms with Gasteiger partial charge in [0.25, 0.3) is 0 Å². The molecule has 7 nitrogen and oxygen atoms in total. The van der Waals surface area contributed by atoms with E-state index in [0.29, 0.717) is 17.0 Å². The molecule has 0 amide bonds. The standard InChI is InChI=1S/C19H19FN6O/c1-12-23-16(10-25(12)2)13-7-8-18(26-11-22-24-19(13)26)21-9-14-15(20)5-4-6-17(14)27-3/h4-8,10-11,21H,9H2,1-3H3. The molecule has 27 heavy (non-hydrogen) atoms. The Morgan fingerprint density at radius 1 is 1.22 bits per heavy atom. The number of hydrogen-bond donors (Lipinski definition) is 1. The van der Waals surface area contributed by atoms with Crippen LogP contribution < -0.4 is 10.1 Å². The first-order valence-corrected chi connectivity index (χ1v) is 8.47. The molecule has 1 N–H and O–H groups in total. The smallest absolute Gasteiger partial charge is 0.171 e. The number of anilines is 1. The number of benzene rings is 1. The lowest BCUT2D eigenvalue weighted by molar-refractivity contribution is 0.405. The molecule has 0 atom stereocenters. The van der Waals surface area contributed by atoms with Crippen LogP contribution >= 0.6 is 0 Å². The lowest BCUT2D eigenvalue weighted by atomic mass is 10.1. The van der Waals surface area contributed by atoms with Crippen molar-refractivity contribution in [2.45, 2.75) is 13.5 Å². The third-order valence-corrected chi connectivity index (χ3v) is 4.58. The van der Waals surface area contributed by atoms with Crippen molar-refractivity contribution in [2.24, 2.45) is 7.05 Å². The zero-order valence-electron chi connectivity index (χ0n) is 15.3. The quantitative estimate of drug-likeness (QED) is 0.587. The van der Waals surface area contributed by atoms with E-state index in [1.165, 1.54) is 13.2 Å². The molecule has 1 aromatic carbocycles. The van der Waals surface area contributed by atoms with E-state index >= 15 is 0 Å². The van der Waals surface area contributed by atoms with Gasteiger partial charge in [0, 0.05) is 30.9 Å². The zero-order chi connectivity index (χ0) is 19.0. The maximum atomic E-state index is 14.2. The van der Waals surface area contributed by atoms with Crippen molar-refractivity contribution in [3.63, 3.8) is 0 Å². The van der Waals surface area contributed by atoms with Gasteiger partial charge in [-0.2, -0.15) is 0 Å². The second-order valence-corrected chi connectivity index (χ2v) is 6.22. The van der Waals surface area contributed by atoms with Gasteiger partial charge in [0.15, 0.2) is 5.65 Å². The Labute approximate surface area is 155 Å². The molecule has 0 bridgehead atoms. The molecule has 0 unspecified atom stereocenters. The summed E-state index contributed by atoms with van der Waals surface area (Å²) in [4.78, 5) is 4.56. The first-order valence-electron chi connectivity index (χ1n) is 8.47. The van der Waals surface area contributed by atoms with Gasteiger partial charge in [-0.15, -0.1) is 10.2 Å². The first kappa shape index (κ1) is 17.0. The number of nitrogens with one attached hydrogen (secondary N) is 1. The summed E-state index contributed by atoms with van der Waals surface area (Å²) in [5.41, 5.74) is 2.85. The van der Waals surface area contributed by atoms with Crippen LogP contribution in [0.3, 0.4) is 0 Å². The largest absolute Gasteiger partial charge is 0.496 e. The Hall–Kier alpha value is -3.42. The van der Waals surface area contributed by atoms with Crippen LogP contribution in [0.15, 0.2) is 42.9 Å². The van der Waals surface area contributed by atoms with Crippen molar-refractivity contribution < 1.29 is 9.13 Å². The van der Waals surface area contributed by atoms with Crippen LogP contribution in [0, 0.1) is 12.7 Å². The van der Waals surface area contributed by atoms with Gasteiger partial charge in [-0.3, -0.25) is 4.40 Å². The number of aromatic nitrogens is 5. The van der Waals surface area contributed by atoms with Crippen LogP contribution in [0.25, 0.3) is 16.9 Å². The number of methoxy groups -OCH3 is 1. The van der Waals surface area contributed by atoms with Crippen LogP contribution in [0.4, 0.5) is 10.2 Å². The summed E-state index contributed by atoms with van der Waals surface area (Å²) in [6.07, 6.45) is 3.58. The summed E-state index contributed by atoms with van der Waals surface area (Å²) in [7, 11) is 3.48. The van der Waals surface area contributed by atoms with Gasteiger partial charge in [-0.25, -0.2) is 9.37 Å². The predicted octanol–water partition coefficient (Wildman–Crippen LogP) is 3.20. The molecule has 0 aliphatic heterocycles. The van der Waals surface area contributed by atoms with E-state index in [4.69, 9.17) is 4.74 Å². The maximum absolute atomic E-state index is 14.2. The Morgan fingerprint density at radius 3 is 2.81 bits per heavy atom. The highest BCUT2D eigenvalue weighted by molar-refractivity contribution is 5.76. The molecule has 3 heterocycles. The molecule has 0 saturated heterocycles. The Bertz CT molecular complexity index is 1100. The molecule has 0 aliphatic carbocycles. The maximum Gasteiger partial charge on any atom is 0.171 e. The van der Waals surface area contributed by atoms with Crippen molar-refractivity contribution in [3.05, 3.63) is 60.1 Å². The molecule has 0 aliphatic rings. The van der Waals surface area contributed by atoms with Crippen molar-refractivity contribution in [2.75, 3.05) is 12.4 Å². The van der Waals surface area contributed by atoms with E-state index in [0.717, 1.165) is 22.9 Å². The Kier molecular flexibility index (Phi) is 4.23. The average molecular weight is 366 g/mol. The molecule has 3 aromatic heterocycles. The fourth-order valence-corrected chi connectivity index (χ4v) is 3.03. The number of aryl methyl sites for hydroxylation is 2. The molecule has 0 radical (unpaired) electrons. The SMILES string of the molecule is COc1cccc(F)c1CNc1ccc(-c2cn(C)c(C)n2)c2nncn12. The van der Waals surface area contributed by atoms with Crippen LogP contribution in [0.1, 0.15) is 11.4 Å². The number of halogens is 1. The van der Waals surface area contributed by atoms with Gasteiger partial charge in [0.2, 0.25) is 0 Å². The number of pyridine rings is 1. The van der Waals surface area contributed by atoms with Crippen molar-refractivity contribution in [1.82, 2.24) is 24.1 Å². The van der Waals surface area contributed by atoms with Gasteiger partial charge in [0.05, 0.1) is 12.8 Å². The van der Waals surface area contributed by atoms with E-state index in [-0.39, 0.29) is 12.4 Å². The van der Waals surface area contributed by atoms with E-state index in [9.17, 15) is 4.39 Å². The van der Waals surface area contributed by atoms with Crippen molar-refractivity contribution in [3.8, 4) is 17.0 Å². The van der Waals surface area contributed by atoms with E-state index in [1.54, 1.807) is 18.5 Å². The van der Waals surface area contributed by atoms with Gasteiger partial charge in [-0.1, -0.05) is 6.07 Å². The number of hydrogen-bond acceptors (Lipinski definition) is 5. The lowest BCUT2D eigenvalue weighted by Crippen LogP contribution is -2.07. The molecular formula is C19H19FN6O. The average Bonchev–Trinajstić information content (AvgIpc) is 3.27. The van der Waals surface area contributed by atoms with Crippen molar-refractivity contribution in [1.29, 1.82) is 0 Å². The molecule has 0 spiro atoms. The van der Waals surface area contributed by atoms with Crippen LogP contribution in [0.5, 0.6) is 5.75 Å². The summed E-state index contributed by atoms with van der Waals surface area (Å²) in [6.45, 7) is 2.22. The highest BCUT2D eigenvalue weighted by Gasteiger charge is 2.14. The minimum atomic E-state index is -0.317. The third-order valence-electron chi connectivity index (χ3n) is 4.58. The van der Waals surface area contributed by atoms with Crippen LogP contribution in [-0.2, 0) is 13.6 Å². The van der Waals surface area contributed by atoms with Crippen LogP contribution in [-0.4, -0.2) is 31.3 Å². The number of fused-ring (bicyclic) bond motifs is 1. The number of nitrogens with zero attached hydrogens (tertiary/aromatic N) is 5. The monoisotopic (exact) mass is 366 g/mol. The number of imidazole rings is 1. The molecule has 8 heteroatoms. The van der Waals surface area contributed by atoms with Gasteiger partial charge in [-0.05, 0) is 31.2 Å².